The maximum atomic E-state index is 10.4. The van der Waals surface area contributed by atoms with E-state index in [2.05, 4.69) is 98.3 Å². The lowest BCUT2D eigenvalue weighted by atomic mass is 9.97. The van der Waals surface area contributed by atoms with Gasteiger partial charge in [0.2, 0.25) is 0 Å². The number of hydrogen-bond acceptors (Lipinski definition) is 3. The summed E-state index contributed by atoms with van der Waals surface area (Å²) >= 11 is 0. The van der Waals surface area contributed by atoms with Gasteiger partial charge in [0.1, 0.15) is 0 Å². The van der Waals surface area contributed by atoms with Crippen LogP contribution >= 0.6 is 0 Å². The summed E-state index contributed by atoms with van der Waals surface area (Å²) in [6.07, 6.45) is 24.7. The van der Waals surface area contributed by atoms with Gasteiger partial charge in [0.25, 0.3) is 0 Å². The highest BCUT2D eigenvalue weighted by Gasteiger charge is 2.20. The van der Waals surface area contributed by atoms with Gasteiger partial charge in [0.05, 0.1) is 17.8 Å². The third-order valence-corrected chi connectivity index (χ3v) is 6.73. The molecule has 5 heteroatoms. The number of carboxylic acid groups (broad SMARTS) is 1. The van der Waals surface area contributed by atoms with Crippen LogP contribution in [0.2, 0.25) is 0 Å². The van der Waals surface area contributed by atoms with Crippen molar-refractivity contribution < 1.29 is 9.90 Å². The van der Waals surface area contributed by atoms with Gasteiger partial charge in [0.15, 0.2) is 0 Å². The molecular formula is C37H55N3O2. The van der Waals surface area contributed by atoms with Crippen LogP contribution in [0.3, 0.4) is 0 Å². The zero-order valence-electron chi connectivity index (χ0n) is 27.4. The van der Waals surface area contributed by atoms with Crippen LogP contribution in [0.5, 0.6) is 0 Å². The summed E-state index contributed by atoms with van der Waals surface area (Å²) in [5.41, 5.74) is 5.34. The first-order valence-corrected chi connectivity index (χ1v) is 15.3. The van der Waals surface area contributed by atoms with Crippen LogP contribution in [0.15, 0.2) is 84.1 Å². The third-order valence-electron chi connectivity index (χ3n) is 6.73. The van der Waals surface area contributed by atoms with Crippen LogP contribution < -0.4 is 0 Å². The summed E-state index contributed by atoms with van der Waals surface area (Å²) in [6, 6.07) is 9.05. The number of rotatable bonds is 9. The summed E-state index contributed by atoms with van der Waals surface area (Å²) in [5.74, 6) is 1.98. The molecule has 3 rings (SSSR count). The Morgan fingerprint density at radius 3 is 2.24 bits per heavy atom. The molecule has 1 unspecified atom stereocenters. The van der Waals surface area contributed by atoms with Gasteiger partial charge >= 0.3 is 5.97 Å². The second-order valence-electron chi connectivity index (χ2n) is 9.85. The fourth-order valence-electron chi connectivity index (χ4n) is 4.60. The van der Waals surface area contributed by atoms with E-state index in [0.717, 1.165) is 18.5 Å². The molecule has 0 spiro atoms. The Hall–Kier alpha value is -3.62. The van der Waals surface area contributed by atoms with Crippen LogP contribution in [0.25, 0.3) is 0 Å². The van der Waals surface area contributed by atoms with E-state index in [4.69, 9.17) is 10.2 Å². The first-order valence-electron chi connectivity index (χ1n) is 15.3. The van der Waals surface area contributed by atoms with Crippen molar-refractivity contribution in [3.63, 3.8) is 0 Å². The number of aromatic carboxylic acids is 1. The Morgan fingerprint density at radius 1 is 1.05 bits per heavy atom. The lowest BCUT2D eigenvalue weighted by Gasteiger charge is -2.20. The average molecular weight is 574 g/mol. The first kappa shape index (κ1) is 38.4. The van der Waals surface area contributed by atoms with E-state index in [-0.39, 0.29) is 0 Å². The molecule has 1 aromatic carbocycles. The summed E-state index contributed by atoms with van der Waals surface area (Å²) in [4.78, 5) is 13.0. The zero-order valence-corrected chi connectivity index (χ0v) is 27.4. The van der Waals surface area contributed by atoms with E-state index in [1.54, 1.807) is 25.1 Å². The SMILES string of the molecule is C#CC.C/C=C\C(=C/C)CCN1CCCC(c2ccn(CC(/C=C\C)=C/C)n2)CC1.CC.Cc1cccc(C(=O)O)c1. The number of aryl methyl sites for hydroxylation is 1. The molecule has 2 heterocycles. The van der Waals surface area contributed by atoms with E-state index in [1.165, 1.54) is 55.7 Å². The summed E-state index contributed by atoms with van der Waals surface area (Å²) < 4.78 is 2.09. The molecule has 1 fully saturated rings. The summed E-state index contributed by atoms with van der Waals surface area (Å²) in [7, 11) is 0. The highest BCUT2D eigenvalue weighted by Crippen LogP contribution is 2.27. The van der Waals surface area contributed by atoms with Crippen molar-refractivity contribution in [3.8, 4) is 12.3 Å². The predicted octanol–water partition coefficient (Wildman–Crippen LogP) is 9.25. The molecule has 2 aromatic rings. The van der Waals surface area contributed by atoms with Crippen molar-refractivity contribution in [1.29, 1.82) is 0 Å². The number of allylic oxidation sites excluding steroid dienone is 7. The molecule has 0 aliphatic carbocycles. The fourth-order valence-corrected chi connectivity index (χ4v) is 4.60. The van der Waals surface area contributed by atoms with Crippen molar-refractivity contribution >= 4 is 5.97 Å². The van der Waals surface area contributed by atoms with Crippen LogP contribution in [-0.2, 0) is 6.54 Å². The fraction of sp³-hybridized carbons (Fsp3) is 0.459. The highest BCUT2D eigenvalue weighted by molar-refractivity contribution is 5.87. The molecule has 5 nitrogen and oxygen atoms in total. The smallest absolute Gasteiger partial charge is 0.335 e. The van der Waals surface area contributed by atoms with Crippen molar-refractivity contribution in [2.24, 2.45) is 0 Å². The van der Waals surface area contributed by atoms with E-state index >= 15 is 0 Å². The molecule has 0 bridgehead atoms. The molecule has 1 aromatic heterocycles. The molecule has 1 saturated heterocycles. The number of benzene rings is 1. The Balaban J connectivity index is 0.000000925. The maximum absolute atomic E-state index is 10.4. The number of terminal acetylenes is 1. The maximum Gasteiger partial charge on any atom is 0.335 e. The molecule has 230 valence electrons. The Kier molecular flexibility index (Phi) is 22.0. The molecule has 1 aliphatic rings. The average Bonchev–Trinajstić information content (AvgIpc) is 3.33. The third kappa shape index (κ3) is 16.0. The quantitative estimate of drug-likeness (QED) is 0.240. The van der Waals surface area contributed by atoms with Gasteiger partial charge in [-0.2, -0.15) is 5.10 Å². The number of likely N-dealkylation sites (tertiary alicyclic amines) is 1. The topological polar surface area (TPSA) is 58.4 Å². The molecule has 42 heavy (non-hydrogen) atoms. The molecule has 1 N–H and O–H groups in total. The van der Waals surface area contributed by atoms with E-state index in [9.17, 15) is 4.79 Å². The lowest BCUT2D eigenvalue weighted by molar-refractivity contribution is 0.0696. The molecule has 1 aliphatic heterocycles. The standard InChI is InChI=1S/C24H37N3.C8H8O2.C3H4.C2H6/c1-5-10-21(7-3)13-17-26-16-9-12-23(14-18-26)24-15-19-27(25-24)20-22(8-4)11-6-2;1-6-3-2-4-7(5-6)8(9)10;1-3-2;1-2/h5-8,10-11,15,19,23H,9,12-14,16-18,20H2,1-4H3;2-5H,1H3,(H,9,10);1H,2H3;1-2H3/b10-5-,11-6-,21-7+,22-8+;;;. The van der Waals surface area contributed by atoms with Crippen LogP contribution in [-0.4, -0.2) is 45.4 Å². The number of carbonyl (C=O) groups is 1. The van der Waals surface area contributed by atoms with Gasteiger partial charge < -0.3 is 10.0 Å². The monoisotopic (exact) mass is 573 g/mol. The van der Waals surface area contributed by atoms with Crippen molar-refractivity contribution in [1.82, 2.24) is 14.7 Å². The number of hydrogen-bond donors (Lipinski definition) is 1. The van der Waals surface area contributed by atoms with Crippen LogP contribution in [0, 0.1) is 19.3 Å². The Morgan fingerprint density at radius 2 is 1.69 bits per heavy atom. The van der Waals surface area contributed by atoms with Gasteiger partial charge in [-0.15, -0.1) is 12.3 Å². The minimum absolute atomic E-state index is 0.347. The molecule has 0 saturated carbocycles. The van der Waals surface area contributed by atoms with Crippen molar-refractivity contribution in [3.05, 3.63) is 101 Å². The summed E-state index contributed by atoms with van der Waals surface area (Å²) in [6.45, 7) is 20.3. The number of carboxylic acids is 1. The minimum atomic E-state index is -0.872. The molecule has 0 amide bonds. The highest BCUT2D eigenvalue weighted by atomic mass is 16.4. The van der Waals surface area contributed by atoms with Crippen molar-refractivity contribution in [2.75, 3.05) is 19.6 Å². The van der Waals surface area contributed by atoms with E-state index < -0.39 is 5.97 Å². The second-order valence-corrected chi connectivity index (χ2v) is 9.85. The van der Waals surface area contributed by atoms with Crippen molar-refractivity contribution in [2.45, 2.75) is 93.5 Å². The van der Waals surface area contributed by atoms with E-state index in [1.807, 2.05) is 26.8 Å². The molecular weight excluding hydrogens is 518 g/mol. The van der Waals surface area contributed by atoms with E-state index in [0.29, 0.717) is 11.5 Å². The molecule has 0 radical (unpaired) electrons. The predicted molar refractivity (Wildman–Crippen MR) is 181 cm³/mol. The summed E-state index contributed by atoms with van der Waals surface area (Å²) in [5, 5.41) is 13.4. The van der Waals surface area contributed by atoms with Gasteiger partial charge in [-0.1, -0.05) is 73.6 Å². The first-order chi connectivity index (χ1) is 20.3. The Labute approximate surface area is 256 Å². The van der Waals surface area contributed by atoms with Gasteiger partial charge in [-0.25, -0.2) is 4.79 Å². The second kappa shape index (κ2) is 24.0. The van der Waals surface area contributed by atoms with Gasteiger partial charge in [0, 0.05) is 18.7 Å². The van der Waals surface area contributed by atoms with Gasteiger partial charge in [-0.3, -0.25) is 4.68 Å². The molecule has 1 atom stereocenters. The van der Waals surface area contributed by atoms with Crippen LogP contribution in [0.4, 0.5) is 0 Å². The zero-order chi connectivity index (χ0) is 31.8. The lowest BCUT2D eigenvalue weighted by Crippen LogP contribution is -2.26. The minimum Gasteiger partial charge on any atom is -0.478 e. The van der Waals surface area contributed by atoms with Crippen LogP contribution in [0.1, 0.15) is 102 Å². The normalized spacial score (nSPS) is 15.8. The van der Waals surface area contributed by atoms with Gasteiger partial charge in [-0.05, 0) is 104 Å². The largest absolute Gasteiger partial charge is 0.478 e. The number of aromatic nitrogens is 2. The Bertz CT molecular complexity index is 1180. The number of nitrogens with zero attached hydrogens (tertiary/aromatic N) is 3.